The molecule has 172 valence electrons. The van der Waals surface area contributed by atoms with Crippen LogP contribution in [0.25, 0.3) is 11.1 Å². The van der Waals surface area contributed by atoms with E-state index in [-0.39, 0.29) is 36.3 Å². The highest BCUT2D eigenvalue weighted by Gasteiger charge is 2.29. The van der Waals surface area contributed by atoms with Gasteiger partial charge >= 0.3 is 6.09 Å². The quantitative estimate of drug-likeness (QED) is 0.481. The molecule has 0 radical (unpaired) electrons. The summed E-state index contributed by atoms with van der Waals surface area (Å²) in [5.41, 5.74) is 4.63. The fraction of sp³-hybridized carbons (Fsp3) is 0.240. The minimum absolute atomic E-state index is 0.0451. The smallest absolute Gasteiger partial charge is 0.411 e. The minimum atomic E-state index is -3.48. The summed E-state index contributed by atoms with van der Waals surface area (Å²) in [6, 6.07) is 20.3. The number of sulfone groups is 1. The van der Waals surface area contributed by atoms with E-state index in [9.17, 15) is 13.2 Å². The maximum Gasteiger partial charge on any atom is 0.411 e. The van der Waals surface area contributed by atoms with Crippen molar-refractivity contribution in [3.05, 3.63) is 77.9 Å². The normalized spacial score (nSPS) is 12.7. The predicted octanol–water partition coefficient (Wildman–Crippen LogP) is 4.21. The van der Waals surface area contributed by atoms with Gasteiger partial charge in [-0.3, -0.25) is 5.32 Å². The zero-order valence-corrected chi connectivity index (χ0v) is 19.0. The molecule has 0 atom stereocenters. The molecular formula is C25H25NO6S. The van der Waals surface area contributed by atoms with Crippen LogP contribution in [0.4, 0.5) is 10.5 Å². The minimum Gasteiger partial charge on any atom is -0.491 e. The molecule has 3 aromatic rings. The second-order valence-electron chi connectivity index (χ2n) is 7.81. The topological polar surface area (TPSA) is 102 Å². The molecule has 3 aromatic carbocycles. The number of aliphatic hydroxyl groups excluding tert-OH is 1. The second kappa shape index (κ2) is 9.64. The Morgan fingerprint density at radius 3 is 2.24 bits per heavy atom. The number of ether oxygens (including phenoxy) is 2. The molecule has 2 N–H and O–H groups in total. The third kappa shape index (κ3) is 5.02. The Kier molecular flexibility index (Phi) is 6.67. The number of benzene rings is 3. The first-order chi connectivity index (χ1) is 15.9. The summed E-state index contributed by atoms with van der Waals surface area (Å²) in [4.78, 5) is 12.7. The molecule has 0 unspecified atom stereocenters. The molecule has 0 heterocycles. The number of rotatable bonds is 8. The number of aliphatic hydroxyl groups is 1. The number of carbonyl (C=O) groups is 1. The summed E-state index contributed by atoms with van der Waals surface area (Å²) in [7, 11) is -3.48. The Balaban J connectivity index is 1.51. The number of hydrogen-bond donors (Lipinski definition) is 2. The number of fused-ring (bicyclic) bond motifs is 3. The highest BCUT2D eigenvalue weighted by molar-refractivity contribution is 7.90. The van der Waals surface area contributed by atoms with Crippen LogP contribution in [0.1, 0.15) is 23.5 Å². The standard InChI is InChI=1S/C25H25NO6S/c1-33(29,30)17-11-12-24(31-14-6-13-27)23(15-17)26-25(28)32-16-22-20-9-4-2-7-18(20)19-8-3-5-10-21(19)22/h2-5,7-12,15,22,27H,6,13-14,16H2,1H3,(H,26,28). The molecule has 0 bridgehead atoms. The summed E-state index contributed by atoms with van der Waals surface area (Å²) in [5.74, 6) is 0.204. The first-order valence-electron chi connectivity index (χ1n) is 10.6. The summed E-state index contributed by atoms with van der Waals surface area (Å²) < 4.78 is 35.1. The molecule has 1 amide bonds. The van der Waals surface area contributed by atoms with E-state index in [1.807, 2.05) is 36.4 Å². The summed E-state index contributed by atoms with van der Waals surface area (Å²) in [6.45, 7) is 0.303. The van der Waals surface area contributed by atoms with Crippen molar-refractivity contribution in [2.24, 2.45) is 0 Å². The van der Waals surface area contributed by atoms with Crippen LogP contribution < -0.4 is 10.1 Å². The lowest BCUT2D eigenvalue weighted by Gasteiger charge is -2.16. The van der Waals surface area contributed by atoms with Gasteiger partial charge in [-0.1, -0.05) is 48.5 Å². The molecule has 0 saturated heterocycles. The average Bonchev–Trinajstić information content (AvgIpc) is 3.12. The van der Waals surface area contributed by atoms with Crippen molar-refractivity contribution in [1.82, 2.24) is 0 Å². The molecule has 8 heteroatoms. The second-order valence-corrected chi connectivity index (χ2v) is 9.82. The van der Waals surface area contributed by atoms with Crippen molar-refractivity contribution < 1.29 is 27.8 Å². The van der Waals surface area contributed by atoms with E-state index in [1.165, 1.54) is 18.2 Å². The van der Waals surface area contributed by atoms with Crippen LogP contribution in [0.5, 0.6) is 5.75 Å². The monoisotopic (exact) mass is 467 g/mol. The first kappa shape index (κ1) is 22.8. The van der Waals surface area contributed by atoms with E-state index in [0.29, 0.717) is 12.2 Å². The Bertz CT molecular complexity index is 1230. The Hall–Kier alpha value is -3.36. The highest BCUT2D eigenvalue weighted by atomic mass is 32.2. The van der Waals surface area contributed by atoms with Crippen LogP contribution >= 0.6 is 0 Å². The predicted molar refractivity (Wildman–Crippen MR) is 125 cm³/mol. The molecule has 0 fully saturated rings. The lowest BCUT2D eigenvalue weighted by atomic mass is 9.98. The van der Waals surface area contributed by atoms with Crippen molar-refractivity contribution in [3.8, 4) is 16.9 Å². The van der Waals surface area contributed by atoms with Crippen molar-refractivity contribution in [3.63, 3.8) is 0 Å². The molecule has 1 aliphatic rings. The van der Waals surface area contributed by atoms with Crippen LogP contribution in [0.3, 0.4) is 0 Å². The van der Waals surface area contributed by atoms with Crippen molar-refractivity contribution in [2.75, 3.05) is 31.4 Å². The van der Waals surface area contributed by atoms with Crippen LogP contribution in [-0.4, -0.2) is 45.7 Å². The lowest BCUT2D eigenvalue weighted by Crippen LogP contribution is -2.18. The molecule has 0 aromatic heterocycles. The van der Waals surface area contributed by atoms with Gasteiger partial charge in [-0.2, -0.15) is 0 Å². The van der Waals surface area contributed by atoms with Gasteiger partial charge in [-0.15, -0.1) is 0 Å². The highest BCUT2D eigenvalue weighted by Crippen LogP contribution is 2.44. The average molecular weight is 468 g/mol. The number of hydrogen-bond acceptors (Lipinski definition) is 6. The van der Waals surface area contributed by atoms with E-state index in [1.54, 1.807) is 0 Å². The Morgan fingerprint density at radius 1 is 1.00 bits per heavy atom. The summed E-state index contributed by atoms with van der Waals surface area (Å²) >= 11 is 0. The van der Waals surface area contributed by atoms with E-state index >= 15 is 0 Å². The van der Waals surface area contributed by atoms with Gasteiger partial charge in [0.1, 0.15) is 12.4 Å². The number of amides is 1. The van der Waals surface area contributed by atoms with Crippen molar-refractivity contribution >= 4 is 21.6 Å². The van der Waals surface area contributed by atoms with Crippen LogP contribution in [0.15, 0.2) is 71.6 Å². The first-order valence-corrected chi connectivity index (χ1v) is 12.5. The van der Waals surface area contributed by atoms with Crippen LogP contribution in [0.2, 0.25) is 0 Å². The molecule has 1 aliphatic carbocycles. The largest absolute Gasteiger partial charge is 0.491 e. The molecule has 7 nitrogen and oxygen atoms in total. The lowest BCUT2D eigenvalue weighted by molar-refractivity contribution is 0.158. The van der Waals surface area contributed by atoms with E-state index in [0.717, 1.165) is 28.5 Å². The van der Waals surface area contributed by atoms with E-state index < -0.39 is 15.9 Å². The molecule has 0 spiro atoms. The third-order valence-corrected chi connectivity index (χ3v) is 6.63. The van der Waals surface area contributed by atoms with Gasteiger partial charge in [-0.25, -0.2) is 13.2 Å². The van der Waals surface area contributed by atoms with Gasteiger partial charge in [0.2, 0.25) is 0 Å². The van der Waals surface area contributed by atoms with E-state index in [4.69, 9.17) is 14.6 Å². The molecular weight excluding hydrogens is 442 g/mol. The number of anilines is 1. The van der Waals surface area contributed by atoms with Gasteiger partial charge < -0.3 is 14.6 Å². The SMILES string of the molecule is CS(=O)(=O)c1ccc(OCCCO)c(NC(=O)OCC2c3ccccc3-c3ccccc32)c1. The Morgan fingerprint density at radius 2 is 1.64 bits per heavy atom. The van der Waals surface area contributed by atoms with Crippen molar-refractivity contribution in [2.45, 2.75) is 17.2 Å². The van der Waals surface area contributed by atoms with Gasteiger partial charge in [-0.05, 0) is 40.5 Å². The zero-order chi connectivity index (χ0) is 23.4. The van der Waals surface area contributed by atoms with Crippen molar-refractivity contribution in [1.29, 1.82) is 0 Å². The molecule has 33 heavy (non-hydrogen) atoms. The number of nitrogens with one attached hydrogen (secondary N) is 1. The van der Waals surface area contributed by atoms with Gasteiger partial charge in [0.05, 0.1) is 17.2 Å². The fourth-order valence-electron chi connectivity index (χ4n) is 3.95. The van der Waals surface area contributed by atoms with Crippen LogP contribution in [0, 0.1) is 0 Å². The zero-order valence-electron chi connectivity index (χ0n) is 18.2. The Labute approximate surface area is 192 Å². The van der Waals surface area contributed by atoms with E-state index in [2.05, 4.69) is 17.4 Å². The maximum atomic E-state index is 12.7. The molecule has 0 aliphatic heterocycles. The third-order valence-electron chi connectivity index (χ3n) is 5.52. The molecule has 0 saturated carbocycles. The molecule has 4 rings (SSSR count). The summed E-state index contributed by atoms with van der Waals surface area (Å²) in [5, 5.41) is 11.6. The van der Waals surface area contributed by atoms with Gasteiger partial charge in [0.15, 0.2) is 9.84 Å². The van der Waals surface area contributed by atoms with Crippen LogP contribution in [-0.2, 0) is 14.6 Å². The maximum absolute atomic E-state index is 12.7. The fourth-order valence-corrected chi connectivity index (χ4v) is 4.60. The van der Waals surface area contributed by atoms with Gasteiger partial charge in [0, 0.05) is 25.2 Å². The summed E-state index contributed by atoms with van der Waals surface area (Å²) in [6.07, 6.45) is 0.777. The van der Waals surface area contributed by atoms with Gasteiger partial charge in [0.25, 0.3) is 0 Å². The number of carbonyl (C=O) groups excluding carboxylic acids is 1.